The SMILES string of the molecule is CCCCC(CCC)S(=O)(=O)Nc1ccccc1CCc1cc(O)ccc1O. The number of para-hydroxylation sites is 1. The van der Waals surface area contributed by atoms with E-state index in [1.54, 1.807) is 6.07 Å². The topological polar surface area (TPSA) is 86.6 Å². The molecule has 0 aromatic heterocycles. The maximum atomic E-state index is 12.9. The van der Waals surface area contributed by atoms with Gasteiger partial charge >= 0.3 is 0 Å². The summed E-state index contributed by atoms with van der Waals surface area (Å²) >= 11 is 0. The van der Waals surface area contributed by atoms with E-state index in [9.17, 15) is 18.6 Å². The summed E-state index contributed by atoms with van der Waals surface area (Å²) < 4.78 is 28.7. The van der Waals surface area contributed by atoms with Gasteiger partial charge in [0.25, 0.3) is 0 Å². The molecule has 0 bridgehead atoms. The van der Waals surface area contributed by atoms with Crippen molar-refractivity contribution in [2.45, 2.75) is 64.0 Å². The van der Waals surface area contributed by atoms with Gasteiger partial charge in [-0.1, -0.05) is 51.3 Å². The van der Waals surface area contributed by atoms with Crippen LogP contribution < -0.4 is 4.72 Å². The second-order valence-corrected chi connectivity index (χ2v) is 9.13. The molecular formula is C22H31NO4S. The second-order valence-electron chi connectivity index (χ2n) is 7.17. The van der Waals surface area contributed by atoms with Gasteiger partial charge in [0.15, 0.2) is 0 Å². The number of anilines is 1. The van der Waals surface area contributed by atoms with Crippen molar-refractivity contribution in [1.29, 1.82) is 0 Å². The van der Waals surface area contributed by atoms with E-state index in [-0.39, 0.29) is 16.7 Å². The van der Waals surface area contributed by atoms with Gasteiger partial charge in [-0.25, -0.2) is 8.42 Å². The number of hydrogen-bond donors (Lipinski definition) is 3. The Hall–Kier alpha value is -2.21. The first-order valence-electron chi connectivity index (χ1n) is 9.97. The Kier molecular flexibility index (Phi) is 8.18. The zero-order chi connectivity index (χ0) is 20.6. The van der Waals surface area contributed by atoms with Crippen molar-refractivity contribution in [2.75, 3.05) is 4.72 Å². The van der Waals surface area contributed by atoms with Crippen LogP contribution in [0.4, 0.5) is 5.69 Å². The number of aromatic hydroxyl groups is 2. The van der Waals surface area contributed by atoms with Crippen molar-refractivity contribution >= 4 is 15.7 Å². The van der Waals surface area contributed by atoms with Gasteiger partial charge in [0.1, 0.15) is 11.5 Å². The van der Waals surface area contributed by atoms with E-state index >= 15 is 0 Å². The Balaban J connectivity index is 2.17. The van der Waals surface area contributed by atoms with Gasteiger partial charge < -0.3 is 10.2 Å². The molecule has 3 N–H and O–H groups in total. The molecule has 1 unspecified atom stereocenters. The fraction of sp³-hybridized carbons (Fsp3) is 0.455. The Morgan fingerprint density at radius 2 is 1.64 bits per heavy atom. The average molecular weight is 406 g/mol. The number of phenolic OH excluding ortho intramolecular Hbond substituents is 2. The molecule has 0 heterocycles. The summed E-state index contributed by atoms with van der Waals surface area (Å²) in [5.41, 5.74) is 2.07. The Morgan fingerprint density at radius 3 is 2.36 bits per heavy atom. The van der Waals surface area contributed by atoms with Crippen LogP contribution in [0.1, 0.15) is 57.1 Å². The standard InChI is InChI=1S/C22H31NO4S/c1-3-5-10-20(8-4-2)28(26,27)23-21-11-7-6-9-17(21)12-13-18-16-19(24)14-15-22(18)25/h6-7,9,11,14-16,20,23-25H,3-5,8,10,12-13H2,1-2H3. The van der Waals surface area contributed by atoms with Gasteiger partial charge in [-0.05, 0) is 61.1 Å². The maximum Gasteiger partial charge on any atom is 0.235 e. The predicted octanol–water partition coefficient (Wildman–Crippen LogP) is 4.98. The molecule has 0 amide bonds. The van der Waals surface area contributed by atoms with Crippen LogP contribution in [0.3, 0.4) is 0 Å². The highest BCUT2D eigenvalue weighted by molar-refractivity contribution is 7.93. The predicted molar refractivity (Wildman–Crippen MR) is 114 cm³/mol. The van der Waals surface area contributed by atoms with Crippen molar-refractivity contribution in [3.05, 3.63) is 53.6 Å². The fourth-order valence-electron chi connectivity index (χ4n) is 3.32. The van der Waals surface area contributed by atoms with E-state index < -0.39 is 10.0 Å². The highest BCUT2D eigenvalue weighted by Crippen LogP contribution is 2.26. The maximum absolute atomic E-state index is 12.9. The third-order valence-electron chi connectivity index (χ3n) is 4.93. The molecule has 0 aliphatic heterocycles. The highest BCUT2D eigenvalue weighted by atomic mass is 32.2. The molecule has 0 saturated carbocycles. The lowest BCUT2D eigenvalue weighted by Crippen LogP contribution is -2.28. The van der Waals surface area contributed by atoms with E-state index in [4.69, 9.17) is 0 Å². The largest absolute Gasteiger partial charge is 0.508 e. The summed E-state index contributed by atoms with van der Waals surface area (Å²) in [6.45, 7) is 4.07. The monoisotopic (exact) mass is 405 g/mol. The number of phenols is 2. The number of rotatable bonds is 11. The molecule has 2 aromatic carbocycles. The van der Waals surface area contributed by atoms with Crippen LogP contribution in [0.2, 0.25) is 0 Å². The highest BCUT2D eigenvalue weighted by Gasteiger charge is 2.24. The van der Waals surface area contributed by atoms with Gasteiger partial charge in [-0.15, -0.1) is 0 Å². The molecule has 0 spiro atoms. The molecule has 6 heteroatoms. The first kappa shape index (κ1) is 22.1. The second kappa shape index (κ2) is 10.4. The van der Waals surface area contributed by atoms with E-state index in [1.807, 2.05) is 25.1 Å². The molecule has 0 fully saturated rings. The van der Waals surface area contributed by atoms with Crippen molar-refractivity contribution in [1.82, 2.24) is 0 Å². The van der Waals surface area contributed by atoms with Gasteiger partial charge in [-0.2, -0.15) is 0 Å². The van der Waals surface area contributed by atoms with Crippen LogP contribution in [0.25, 0.3) is 0 Å². The summed E-state index contributed by atoms with van der Waals surface area (Å²) in [4.78, 5) is 0. The summed E-state index contributed by atoms with van der Waals surface area (Å²) in [5.74, 6) is 0.221. The Bertz CT molecular complexity index is 865. The lowest BCUT2D eigenvalue weighted by Gasteiger charge is -2.20. The fourth-order valence-corrected chi connectivity index (χ4v) is 5.02. The smallest absolute Gasteiger partial charge is 0.235 e. The number of hydrogen-bond acceptors (Lipinski definition) is 4. The van der Waals surface area contributed by atoms with Crippen molar-refractivity contribution in [3.63, 3.8) is 0 Å². The first-order chi connectivity index (χ1) is 13.4. The molecule has 0 radical (unpaired) electrons. The third kappa shape index (κ3) is 6.16. The molecule has 0 saturated heterocycles. The van der Waals surface area contributed by atoms with Gasteiger partial charge in [0.2, 0.25) is 10.0 Å². The number of aryl methyl sites for hydroxylation is 2. The molecule has 0 aliphatic carbocycles. The summed E-state index contributed by atoms with van der Waals surface area (Å²) in [6.07, 6.45) is 5.04. The minimum atomic E-state index is -3.47. The van der Waals surface area contributed by atoms with Gasteiger partial charge in [0.05, 0.1) is 10.9 Å². The van der Waals surface area contributed by atoms with E-state index in [0.29, 0.717) is 36.9 Å². The molecular weight excluding hydrogens is 374 g/mol. The number of sulfonamides is 1. The zero-order valence-electron chi connectivity index (χ0n) is 16.7. The van der Waals surface area contributed by atoms with Crippen molar-refractivity contribution < 1.29 is 18.6 Å². The normalized spacial score (nSPS) is 12.6. The minimum Gasteiger partial charge on any atom is -0.508 e. The quantitative estimate of drug-likeness (QED) is 0.460. The Morgan fingerprint density at radius 1 is 0.929 bits per heavy atom. The molecule has 2 aromatic rings. The number of benzene rings is 2. The average Bonchev–Trinajstić information content (AvgIpc) is 2.66. The van der Waals surface area contributed by atoms with E-state index in [0.717, 1.165) is 24.8 Å². The molecule has 28 heavy (non-hydrogen) atoms. The van der Waals surface area contributed by atoms with Crippen LogP contribution in [-0.4, -0.2) is 23.9 Å². The minimum absolute atomic E-state index is 0.0973. The summed E-state index contributed by atoms with van der Waals surface area (Å²) in [5, 5.41) is 19.2. The zero-order valence-corrected chi connectivity index (χ0v) is 17.5. The van der Waals surface area contributed by atoms with Gasteiger partial charge in [0, 0.05) is 0 Å². The van der Waals surface area contributed by atoms with E-state index in [1.165, 1.54) is 18.2 Å². The number of nitrogens with one attached hydrogen (secondary N) is 1. The molecule has 0 aliphatic rings. The van der Waals surface area contributed by atoms with Crippen LogP contribution in [0.5, 0.6) is 11.5 Å². The van der Waals surface area contributed by atoms with Gasteiger partial charge in [-0.3, -0.25) is 4.72 Å². The number of unbranched alkanes of at least 4 members (excludes halogenated alkanes) is 1. The lowest BCUT2D eigenvalue weighted by atomic mass is 10.0. The third-order valence-corrected chi connectivity index (χ3v) is 6.78. The van der Waals surface area contributed by atoms with Crippen LogP contribution >= 0.6 is 0 Å². The van der Waals surface area contributed by atoms with Crippen LogP contribution in [0.15, 0.2) is 42.5 Å². The van der Waals surface area contributed by atoms with Crippen LogP contribution in [0, 0.1) is 0 Å². The van der Waals surface area contributed by atoms with E-state index in [2.05, 4.69) is 11.6 Å². The van der Waals surface area contributed by atoms with Crippen molar-refractivity contribution in [2.24, 2.45) is 0 Å². The summed E-state index contributed by atoms with van der Waals surface area (Å²) in [6, 6.07) is 11.8. The Labute approximate surface area is 168 Å². The van der Waals surface area contributed by atoms with Crippen LogP contribution in [-0.2, 0) is 22.9 Å². The molecule has 1 atom stereocenters. The molecule has 154 valence electrons. The molecule has 2 rings (SSSR count). The van der Waals surface area contributed by atoms with Crippen molar-refractivity contribution in [3.8, 4) is 11.5 Å². The summed E-state index contributed by atoms with van der Waals surface area (Å²) in [7, 11) is -3.47. The first-order valence-corrected chi connectivity index (χ1v) is 11.5. The lowest BCUT2D eigenvalue weighted by molar-refractivity contribution is 0.454. The molecule has 5 nitrogen and oxygen atoms in total.